The van der Waals surface area contributed by atoms with Gasteiger partial charge in [0, 0.05) is 4.47 Å². The number of hydrogen-bond acceptors (Lipinski definition) is 3. The number of carbonyl (C=O) groups is 1. The van der Waals surface area contributed by atoms with Crippen LogP contribution in [0.1, 0.15) is 24.2 Å². The number of ether oxygens (including phenoxy) is 1. The molecule has 0 saturated heterocycles. The number of nitrogens with one attached hydrogen (secondary N) is 1. The Morgan fingerprint density at radius 1 is 1.50 bits per heavy atom. The Morgan fingerprint density at radius 3 is 2.67 bits per heavy atom. The third kappa shape index (κ3) is 3.71. The number of amides is 1. The van der Waals surface area contributed by atoms with Crippen molar-refractivity contribution in [2.75, 3.05) is 13.7 Å². The summed E-state index contributed by atoms with van der Waals surface area (Å²) in [5.74, 6) is 0.426. The second-order valence-electron chi connectivity index (χ2n) is 4.35. The number of carbonyl (C=O) groups excluding carboxylic acids is 1. The molecular weight excluding hydrogens is 298 g/mol. The van der Waals surface area contributed by atoms with Crippen molar-refractivity contribution in [2.45, 2.75) is 19.9 Å². The fourth-order valence-corrected chi connectivity index (χ4v) is 1.86. The molecule has 0 spiro atoms. The van der Waals surface area contributed by atoms with Gasteiger partial charge in [0.2, 0.25) is 0 Å². The molecule has 100 valence electrons. The molecule has 5 heteroatoms. The number of aliphatic hydroxyl groups is 1. The van der Waals surface area contributed by atoms with E-state index < -0.39 is 0 Å². The first kappa shape index (κ1) is 15.0. The van der Waals surface area contributed by atoms with Crippen LogP contribution in [0.25, 0.3) is 0 Å². The van der Waals surface area contributed by atoms with Crippen LogP contribution in [0.2, 0.25) is 0 Å². The molecule has 0 aliphatic rings. The predicted molar refractivity (Wildman–Crippen MR) is 73.9 cm³/mol. The Balaban J connectivity index is 2.90. The Morgan fingerprint density at radius 2 is 2.17 bits per heavy atom. The number of methoxy groups -OCH3 is 1. The van der Waals surface area contributed by atoms with Gasteiger partial charge in [0.25, 0.3) is 5.91 Å². The molecule has 0 bridgehead atoms. The first-order valence-corrected chi connectivity index (χ1v) is 6.54. The van der Waals surface area contributed by atoms with E-state index in [4.69, 9.17) is 4.74 Å². The highest BCUT2D eigenvalue weighted by molar-refractivity contribution is 9.10. The highest BCUT2D eigenvalue weighted by atomic mass is 79.9. The maximum atomic E-state index is 12.1. The average molecular weight is 316 g/mol. The molecule has 1 atom stereocenters. The van der Waals surface area contributed by atoms with Gasteiger partial charge in [-0.25, -0.2) is 0 Å². The number of halogens is 1. The molecule has 0 unspecified atom stereocenters. The summed E-state index contributed by atoms with van der Waals surface area (Å²) in [5, 5.41) is 12.0. The topological polar surface area (TPSA) is 58.6 Å². The van der Waals surface area contributed by atoms with E-state index in [1.807, 2.05) is 13.8 Å². The Bertz CT molecular complexity index is 421. The molecule has 18 heavy (non-hydrogen) atoms. The monoisotopic (exact) mass is 315 g/mol. The van der Waals surface area contributed by atoms with Gasteiger partial charge >= 0.3 is 0 Å². The summed E-state index contributed by atoms with van der Waals surface area (Å²) in [7, 11) is 1.52. The zero-order valence-corrected chi connectivity index (χ0v) is 12.3. The van der Waals surface area contributed by atoms with E-state index in [0.717, 1.165) is 4.47 Å². The van der Waals surface area contributed by atoms with Gasteiger partial charge in [-0.1, -0.05) is 29.8 Å². The molecule has 0 aliphatic heterocycles. The van der Waals surface area contributed by atoms with Gasteiger partial charge in [-0.3, -0.25) is 4.79 Å². The second kappa shape index (κ2) is 6.75. The van der Waals surface area contributed by atoms with Gasteiger partial charge in [-0.2, -0.15) is 0 Å². The smallest absolute Gasteiger partial charge is 0.255 e. The average Bonchev–Trinajstić information content (AvgIpc) is 2.34. The van der Waals surface area contributed by atoms with Crippen molar-refractivity contribution < 1.29 is 14.6 Å². The third-order valence-electron chi connectivity index (χ3n) is 2.73. The molecular formula is C13H18BrNO3. The molecule has 0 aromatic heterocycles. The van der Waals surface area contributed by atoms with E-state index >= 15 is 0 Å². The summed E-state index contributed by atoms with van der Waals surface area (Å²) in [6, 6.07) is 4.94. The summed E-state index contributed by atoms with van der Waals surface area (Å²) < 4.78 is 6.02. The van der Waals surface area contributed by atoms with E-state index in [9.17, 15) is 9.90 Å². The molecule has 1 aromatic carbocycles. The minimum absolute atomic E-state index is 0.0811. The molecule has 1 aromatic rings. The molecule has 0 aliphatic carbocycles. The maximum Gasteiger partial charge on any atom is 0.255 e. The lowest BCUT2D eigenvalue weighted by atomic mass is 10.0. The zero-order chi connectivity index (χ0) is 13.7. The van der Waals surface area contributed by atoms with E-state index in [-0.39, 0.29) is 24.5 Å². The summed E-state index contributed by atoms with van der Waals surface area (Å²) in [6.45, 7) is 3.81. The van der Waals surface area contributed by atoms with Crippen LogP contribution in [0.3, 0.4) is 0 Å². The third-order valence-corrected chi connectivity index (χ3v) is 3.22. The van der Waals surface area contributed by atoms with Crippen molar-refractivity contribution >= 4 is 21.8 Å². The lowest BCUT2D eigenvalue weighted by Crippen LogP contribution is -2.41. The molecule has 1 rings (SSSR count). The van der Waals surface area contributed by atoms with E-state index in [2.05, 4.69) is 21.2 Å². The van der Waals surface area contributed by atoms with Crippen LogP contribution in [0.5, 0.6) is 5.75 Å². The van der Waals surface area contributed by atoms with Crippen LogP contribution in [0.4, 0.5) is 0 Å². The molecule has 0 radical (unpaired) electrons. The molecule has 2 N–H and O–H groups in total. The minimum atomic E-state index is -0.258. The normalized spacial score (nSPS) is 12.3. The molecule has 0 saturated carbocycles. The Kier molecular flexibility index (Phi) is 5.62. The summed E-state index contributed by atoms with van der Waals surface area (Å²) in [5.41, 5.74) is 0.458. The highest BCUT2D eigenvalue weighted by Crippen LogP contribution is 2.23. The van der Waals surface area contributed by atoms with Crippen LogP contribution >= 0.6 is 15.9 Å². The first-order valence-electron chi connectivity index (χ1n) is 5.74. The lowest BCUT2D eigenvalue weighted by molar-refractivity contribution is 0.0894. The van der Waals surface area contributed by atoms with Crippen LogP contribution in [0, 0.1) is 5.92 Å². The molecule has 0 heterocycles. The van der Waals surface area contributed by atoms with E-state index in [1.165, 1.54) is 7.11 Å². The van der Waals surface area contributed by atoms with E-state index in [1.54, 1.807) is 18.2 Å². The van der Waals surface area contributed by atoms with Crippen molar-refractivity contribution in [2.24, 2.45) is 5.92 Å². The van der Waals surface area contributed by atoms with Gasteiger partial charge in [0.05, 0.1) is 25.3 Å². The highest BCUT2D eigenvalue weighted by Gasteiger charge is 2.18. The zero-order valence-electron chi connectivity index (χ0n) is 10.7. The SMILES string of the molecule is COc1cc(Br)ccc1C(=O)N[C@H](CO)C(C)C. The molecule has 4 nitrogen and oxygen atoms in total. The number of rotatable bonds is 5. The van der Waals surface area contributed by atoms with Crippen LogP contribution < -0.4 is 10.1 Å². The molecule has 0 fully saturated rings. The Hall–Kier alpha value is -1.07. The van der Waals surface area contributed by atoms with Gasteiger partial charge < -0.3 is 15.2 Å². The Labute approximate surface area is 115 Å². The largest absolute Gasteiger partial charge is 0.496 e. The van der Waals surface area contributed by atoms with Crippen LogP contribution in [-0.4, -0.2) is 30.8 Å². The second-order valence-corrected chi connectivity index (χ2v) is 5.27. The van der Waals surface area contributed by atoms with Gasteiger partial charge in [0.15, 0.2) is 0 Å². The van der Waals surface area contributed by atoms with Crippen LogP contribution in [0.15, 0.2) is 22.7 Å². The molecule has 1 amide bonds. The van der Waals surface area contributed by atoms with Crippen LogP contribution in [-0.2, 0) is 0 Å². The maximum absolute atomic E-state index is 12.1. The number of benzene rings is 1. The van der Waals surface area contributed by atoms with Crippen molar-refractivity contribution in [1.29, 1.82) is 0 Å². The lowest BCUT2D eigenvalue weighted by Gasteiger charge is -2.20. The number of aliphatic hydroxyl groups excluding tert-OH is 1. The predicted octanol–water partition coefficient (Wildman–Crippen LogP) is 2.20. The minimum Gasteiger partial charge on any atom is -0.496 e. The van der Waals surface area contributed by atoms with Crippen molar-refractivity contribution in [3.05, 3.63) is 28.2 Å². The van der Waals surface area contributed by atoms with Crippen molar-refractivity contribution in [3.63, 3.8) is 0 Å². The van der Waals surface area contributed by atoms with Crippen molar-refractivity contribution in [1.82, 2.24) is 5.32 Å². The summed E-state index contributed by atoms with van der Waals surface area (Å²) in [4.78, 5) is 12.1. The first-order chi connectivity index (χ1) is 8.49. The fourth-order valence-electron chi connectivity index (χ4n) is 1.52. The van der Waals surface area contributed by atoms with Gasteiger partial charge in [-0.05, 0) is 24.1 Å². The summed E-state index contributed by atoms with van der Waals surface area (Å²) in [6.07, 6.45) is 0. The van der Waals surface area contributed by atoms with Gasteiger partial charge in [0.1, 0.15) is 5.75 Å². The summed E-state index contributed by atoms with van der Waals surface area (Å²) >= 11 is 3.32. The van der Waals surface area contributed by atoms with E-state index in [0.29, 0.717) is 11.3 Å². The van der Waals surface area contributed by atoms with Gasteiger partial charge in [-0.15, -0.1) is 0 Å². The number of hydrogen-bond donors (Lipinski definition) is 2. The standard InChI is InChI=1S/C13H18BrNO3/c1-8(2)11(7-16)15-13(17)10-5-4-9(14)6-12(10)18-3/h4-6,8,11,16H,7H2,1-3H3,(H,15,17)/t11-/m1/s1. The van der Waals surface area contributed by atoms with Crippen molar-refractivity contribution in [3.8, 4) is 5.75 Å². The quantitative estimate of drug-likeness (QED) is 0.875. The fraction of sp³-hybridized carbons (Fsp3) is 0.462.